The molecule has 0 saturated heterocycles. The fraction of sp³-hybridized carbons (Fsp3) is 0.400. The molecule has 3 nitrogen and oxygen atoms in total. The highest BCUT2D eigenvalue weighted by atomic mass is 32.2. The Balaban J connectivity index is 1.93. The number of hydrogen-bond acceptors (Lipinski definition) is 4. The highest BCUT2D eigenvalue weighted by Gasteiger charge is 2.29. The Morgan fingerprint density at radius 1 is 1.17 bits per heavy atom. The SMILES string of the molecule is CCCSc1cc2c(cc1C#Cc1ccc(C(=O)OCC)cc1)C(C)(C)CCO2. The number of ether oxygens (including phenoxy) is 2. The van der Waals surface area contributed by atoms with Gasteiger partial charge in [0, 0.05) is 21.6 Å². The van der Waals surface area contributed by atoms with E-state index in [0.717, 1.165) is 42.1 Å². The zero-order chi connectivity index (χ0) is 20.9. The summed E-state index contributed by atoms with van der Waals surface area (Å²) < 4.78 is 11.0. The second-order valence-electron chi connectivity index (χ2n) is 7.72. The van der Waals surface area contributed by atoms with E-state index < -0.39 is 0 Å². The molecule has 0 fully saturated rings. The minimum absolute atomic E-state index is 0.0826. The molecule has 2 aromatic carbocycles. The van der Waals surface area contributed by atoms with Gasteiger partial charge in [-0.3, -0.25) is 0 Å². The molecule has 0 saturated carbocycles. The van der Waals surface area contributed by atoms with Crippen LogP contribution >= 0.6 is 11.8 Å². The quantitative estimate of drug-likeness (QED) is 0.354. The van der Waals surface area contributed by atoms with Crippen molar-refractivity contribution in [2.45, 2.75) is 50.8 Å². The molecule has 0 N–H and O–H groups in total. The molecule has 0 amide bonds. The molecule has 1 aliphatic rings. The lowest BCUT2D eigenvalue weighted by molar-refractivity contribution is 0.0526. The lowest BCUT2D eigenvalue weighted by atomic mass is 9.79. The van der Waals surface area contributed by atoms with Crippen LogP contribution in [-0.4, -0.2) is 24.9 Å². The van der Waals surface area contributed by atoms with Crippen LogP contribution in [-0.2, 0) is 10.2 Å². The van der Waals surface area contributed by atoms with Crippen LogP contribution in [0.4, 0.5) is 0 Å². The summed E-state index contributed by atoms with van der Waals surface area (Å²) in [6.07, 6.45) is 2.11. The molecular weight excluding hydrogens is 380 g/mol. The van der Waals surface area contributed by atoms with Crippen LogP contribution in [0.25, 0.3) is 0 Å². The van der Waals surface area contributed by atoms with E-state index in [9.17, 15) is 4.79 Å². The van der Waals surface area contributed by atoms with E-state index in [1.807, 2.05) is 23.9 Å². The average Bonchev–Trinajstić information content (AvgIpc) is 2.71. The maximum Gasteiger partial charge on any atom is 0.338 e. The molecule has 29 heavy (non-hydrogen) atoms. The molecule has 0 radical (unpaired) electrons. The van der Waals surface area contributed by atoms with Crippen molar-refractivity contribution >= 4 is 17.7 Å². The molecule has 0 aliphatic carbocycles. The zero-order valence-corrected chi connectivity index (χ0v) is 18.4. The van der Waals surface area contributed by atoms with E-state index in [4.69, 9.17) is 9.47 Å². The Labute approximate surface area is 178 Å². The smallest absolute Gasteiger partial charge is 0.338 e. The van der Waals surface area contributed by atoms with Gasteiger partial charge in [0.2, 0.25) is 0 Å². The van der Waals surface area contributed by atoms with E-state index in [2.05, 4.69) is 44.7 Å². The summed E-state index contributed by atoms with van der Waals surface area (Å²) in [6, 6.07) is 11.6. The highest BCUT2D eigenvalue weighted by molar-refractivity contribution is 7.99. The number of rotatable bonds is 5. The van der Waals surface area contributed by atoms with E-state index in [-0.39, 0.29) is 11.4 Å². The molecule has 0 atom stereocenters. The second-order valence-corrected chi connectivity index (χ2v) is 8.86. The van der Waals surface area contributed by atoms with Gasteiger partial charge in [0.25, 0.3) is 0 Å². The summed E-state index contributed by atoms with van der Waals surface area (Å²) >= 11 is 1.82. The first-order valence-electron chi connectivity index (χ1n) is 10.2. The average molecular weight is 409 g/mol. The van der Waals surface area contributed by atoms with Crippen molar-refractivity contribution in [1.82, 2.24) is 0 Å². The summed E-state index contributed by atoms with van der Waals surface area (Å²) in [7, 11) is 0. The lowest BCUT2D eigenvalue weighted by Crippen LogP contribution is -2.26. The van der Waals surface area contributed by atoms with Crippen molar-refractivity contribution in [3.63, 3.8) is 0 Å². The van der Waals surface area contributed by atoms with Gasteiger partial charge < -0.3 is 9.47 Å². The first-order chi connectivity index (χ1) is 13.9. The van der Waals surface area contributed by atoms with Crippen molar-refractivity contribution < 1.29 is 14.3 Å². The van der Waals surface area contributed by atoms with Gasteiger partial charge in [0.15, 0.2) is 0 Å². The van der Waals surface area contributed by atoms with Crippen molar-refractivity contribution in [1.29, 1.82) is 0 Å². The normalized spacial score (nSPS) is 14.2. The minimum Gasteiger partial charge on any atom is -0.493 e. The monoisotopic (exact) mass is 408 g/mol. The van der Waals surface area contributed by atoms with Crippen molar-refractivity contribution in [3.05, 3.63) is 58.7 Å². The Hall–Kier alpha value is -2.38. The maximum atomic E-state index is 11.8. The summed E-state index contributed by atoms with van der Waals surface area (Å²) in [6.45, 7) is 9.64. The number of esters is 1. The van der Waals surface area contributed by atoms with Gasteiger partial charge in [-0.1, -0.05) is 32.6 Å². The maximum absolute atomic E-state index is 11.8. The van der Waals surface area contributed by atoms with E-state index >= 15 is 0 Å². The number of benzene rings is 2. The first-order valence-corrected chi connectivity index (χ1v) is 11.2. The molecule has 0 aromatic heterocycles. The molecule has 152 valence electrons. The van der Waals surface area contributed by atoms with Gasteiger partial charge in [0.1, 0.15) is 5.75 Å². The van der Waals surface area contributed by atoms with Crippen LogP contribution in [0.5, 0.6) is 5.75 Å². The van der Waals surface area contributed by atoms with Gasteiger partial charge >= 0.3 is 5.97 Å². The third-order valence-corrected chi connectivity index (χ3v) is 6.26. The molecule has 1 heterocycles. The van der Waals surface area contributed by atoms with Gasteiger partial charge in [-0.25, -0.2) is 4.79 Å². The molecule has 2 aromatic rings. The molecular formula is C25H28O3S. The predicted molar refractivity (Wildman–Crippen MR) is 119 cm³/mol. The van der Waals surface area contributed by atoms with Gasteiger partial charge in [-0.05, 0) is 67.3 Å². The highest BCUT2D eigenvalue weighted by Crippen LogP contribution is 2.41. The summed E-state index contributed by atoms with van der Waals surface area (Å²) in [5.41, 5.74) is 3.77. The fourth-order valence-corrected chi connectivity index (χ4v) is 4.11. The third-order valence-electron chi connectivity index (χ3n) is 4.99. The summed E-state index contributed by atoms with van der Waals surface area (Å²) in [4.78, 5) is 13.0. The van der Waals surface area contributed by atoms with Crippen LogP contribution in [0.2, 0.25) is 0 Å². The molecule has 4 heteroatoms. The molecule has 0 unspecified atom stereocenters. The Morgan fingerprint density at radius 3 is 2.62 bits per heavy atom. The van der Waals surface area contributed by atoms with Crippen LogP contribution in [0.15, 0.2) is 41.3 Å². The molecule has 3 rings (SSSR count). The van der Waals surface area contributed by atoms with Gasteiger partial charge in [0.05, 0.1) is 18.8 Å². The third kappa shape index (κ3) is 5.16. The van der Waals surface area contributed by atoms with Gasteiger partial charge in [-0.2, -0.15) is 0 Å². The Kier molecular flexibility index (Phi) is 6.92. The van der Waals surface area contributed by atoms with Crippen LogP contribution in [0.3, 0.4) is 0 Å². The van der Waals surface area contributed by atoms with Crippen molar-refractivity contribution in [2.75, 3.05) is 19.0 Å². The zero-order valence-electron chi connectivity index (χ0n) is 17.6. The van der Waals surface area contributed by atoms with Crippen molar-refractivity contribution in [3.8, 4) is 17.6 Å². The fourth-order valence-electron chi connectivity index (χ4n) is 3.23. The summed E-state index contributed by atoms with van der Waals surface area (Å²) in [5, 5.41) is 0. The lowest BCUT2D eigenvalue weighted by Gasteiger charge is -2.33. The van der Waals surface area contributed by atoms with E-state index in [0.29, 0.717) is 12.2 Å². The van der Waals surface area contributed by atoms with E-state index in [1.54, 1.807) is 19.1 Å². The Bertz CT molecular complexity index is 933. The standard InChI is InChI=1S/C25H28O3S/c1-5-15-29-23-17-22-21(25(3,4)13-14-28-22)16-20(23)12-9-18-7-10-19(11-8-18)24(26)27-6-2/h7-8,10-11,16-17H,5-6,13-15H2,1-4H3. The topological polar surface area (TPSA) is 35.5 Å². The minimum atomic E-state index is -0.304. The number of carbonyl (C=O) groups is 1. The second kappa shape index (κ2) is 9.41. The molecule has 0 spiro atoms. The number of hydrogen-bond donors (Lipinski definition) is 0. The van der Waals surface area contributed by atoms with Crippen LogP contribution < -0.4 is 4.74 Å². The number of carbonyl (C=O) groups excluding carboxylic acids is 1. The van der Waals surface area contributed by atoms with Crippen LogP contribution in [0.1, 0.15) is 67.6 Å². The number of thioether (sulfide) groups is 1. The van der Waals surface area contributed by atoms with E-state index in [1.165, 1.54) is 10.5 Å². The summed E-state index contributed by atoms with van der Waals surface area (Å²) in [5.74, 6) is 8.34. The molecule has 0 bridgehead atoms. The largest absolute Gasteiger partial charge is 0.493 e. The van der Waals surface area contributed by atoms with Crippen LogP contribution in [0, 0.1) is 11.8 Å². The molecule has 1 aliphatic heterocycles. The first kappa shape index (κ1) is 21.3. The number of fused-ring (bicyclic) bond motifs is 1. The van der Waals surface area contributed by atoms with Crippen molar-refractivity contribution in [2.24, 2.45) is 0 Å². The predicted octanol–water partition coefficient (Wildman–Crippen LogP) is 5.83. The Morgan fingerprint density at radius 2 is 1.93 bits per heavy atom. The van der Waals surface area contributed by atoms with Gasteiger partial charge in [-0.15, -0.1) is 11.8 Å².